The van der Waals surface area contributed by atoms with E-state index in [1.165, 1.54) is 16.7 Å². The molecule has 0 fully saturated rings. The fourth-order valence-electron chi connectivity index (χ4n) is 2.33. The van der Waals surface area contributed by atoms with Gasteiger partial charge in [0.05, 0.1) is 5.56 Å². The van der Waals surface area contributed by atoms with Gasteiger partial charge in [0.2, 0.25) is 5.69 Å². The van der Waals surface area contributed by atoms with E-state index in [2.05, 4.69) is 48.9 Å². The van der Waals surface area contributed by atoms with Crippen LogP contribution in [0.15, 0.2) is 42.5 Å². The molecule has 0 N–H and O–H groups in total. The van der Waals surface area contributed by atoms with Crippen LogP contribution in [0.1, 0.15) is 16.7 Å². The lowest BCUT2D eigenvalue weighted by atomic mass is 10.0. The second-order valence-electron chi connectivity index (χ2n) is 4.70. The van der Waals surface area contributed by atoms with Gasteiger partial charge in [0.1, 0.15) is 5.75 Å². The van der Waals surface area contributed by atoms with E-state index in [9.17, 15) is 0 Å². The van der Waals surface area contributed by atoms with Crippen LogP contribution in [0.2, 0.25) is 0 Å². The molecule has 0 unspecified atom stereocenters. The standard InChI is InChI=1S/C16H16NO/c1-12-8-13(2)15-10-17(11-18-16(15)9-12)14-6-4-3-5-7-14/h3-10H,11H2,1-2H3/q+1. The second-order valence-corrected chi connectivity index (χ2v) is 4.70. The van der Waals surface area contributed by atoms with Gasteiger partial charge in [-0.25, -0.2) is 0 Å². The quantitative estimate of drug-likeness (QED) is 0.693. The van der Waals surface area contributed by atoms with Crippen molar-refractivity contribution in [3.63, 3.8) is 0 Å². The molecular formula is C16H16NO+. The number of ether oxygens (including phenoxy) is 1. The summed E-state index contributed by atoms with van der Waals surface area (Å²) in [6.07, 6.45) is 2.17. The fraction of sp³-hybridized carbons (Fsp3) is 0.188. The smallest absolute Gasteiger partial charge is 0.292 e. The van der Waals surface area contributed by atoms with Crippen LogP contribution >= 0.6 is 0 Å². The molecule has 0 bridgehead atoms. The van der Waals surface area contributed by atoms with Crippen LogP contribution in [-0.2, 0) is 0 Å². The Morgan fingerprint density at radius 1 is 1.06 bits per heavy atom. The van der Waals surface area contributed by atoms with Gasteiger partial charge in [-0.05, 0) is 31.0 Å². The molecule has 2 heteroatoms. The van der Waals surface area contributed by atoms with Crippen molar-refractivity contribution in [1.82, 2.24) is 0 Å². The largest absolute Gasteiger partial charge is 0.435 e. The maximum absolute atomic E-state index is 5.85. The molecule has 0 saturated heterocycles. The van der Waals surface area contributed by atoms with Gasteiger partial charge in [0.15, 0.2) is 6.21 Å². The first-order chi connectivity index (χ1) is 8.74. The van der Waals surface area contributed by atoms with Gasteiger partial charge in [0.25, 0.3) is 6.73 Å². The number of hydrogen-bond acceptors (Lipinski definition) is 1. The average molecular weight is 238 g/mol. The van der Waals surface area contributed by atoms with E-state index in [4.69, 9.17) is 4.74 Å². The highest BCUT2D eigenvalue weighted by Gasteiger charge is 2.20. The summed E-state index contributed by atoms with van der Waals surface area (Å²) in [5.74, 6) is 0.986. The number of hydrogen-bond donors (Lipinski definition) is 0. The number of nitrogens with zero attached hydrogens (tertiary/aromatic N) is 1. The molecule has 90 valence electrons. The molecule has 2 nitrogen and oxygen atoms in total. The van der Waals surface area contributed by atoms with E-state index < -0.39 is 0 Å². The predicted octanol–water partition coefficient (Wildman–Crippen LogP) is 3.42. The summed E-state index contributed by atoms with van der Waals surface area (Å²) in [5, 5.41) is 0. The highest BCUT2D eigenvalue weighted by molar-refractivity contribution is 5.83. The van der Waals surface area contributed by atoms with Gasteiger partial charge in [-0.3, -0.25) is 0 Å². The number of aryl methyl sites for hydroxylation is 2. The van der Waals surface area contributed by atoms with Crippen LogP contribution in [0.4, 0.5) is 5.69 Å². The molecule has 18 heavy (non-hydrogen) atoms. The lowest BCUT2D eigenvalue weighted by Crippen LogP contribution is -2.21. The number of para-hydroxylation sites is 1. The monoisotopic (exact) mass is 238 g/mol. The Labute approximate surface area is 107 Å². The van der Waals surface area contributed by atoms with Crippen LogP contribution in [-0.4, -0.2) is 17.5 Å². The molecule has 0 saturated carbocycles. The lowest BCUT2D eigenvalue weighted by Gasteiger charge is -2.15. The predicted molar refractivity (Wildman–Crippen MR) is 72.9 cm³/mol. The van der Waals surface area contributed by atoms with Crippen molar-refractivity contribution in [3.05, 3.63) is 59.2 Å². The summed E-state index contributed by atoms with van der Waals surface area (Å²) in [5.41, 5.74) is 4.83. The normalized spacial score (nSPS) is 13.6. The molecule has 1 aliphatic heterocycles. The van der Waals surface area contributed by atoms with E-state index in [0.29, 0.717) is 6.73 Å². The molecule has 0 atom stereocenters. The van der Waals surface area contributed by atoms with Gasteiger partial charge in [0, 0.05) is 12.1 Å². The third kappa shape index (κ3) is 1.90. The number of rotatable bonds is 1. The highest BCUT2D eigenvalue weighted by atomic mass is 16.5. The Balaban J connectivity index is 2.09. The van der Waals surface area contributed by atoms with Crippen molar-refractivity contribution in [1.29, 1.82) is 0 Å². The summed E-state index contributed by atoms with van der Waals surface area (Å²) in [6.45, 7) is 4.79. The Kier molecular flexibility index (Phi) is 2.63. The Bertz CT molecular complexity index is 614. The number of benzene rings is 2. The Morgan fingerprint density at radius 3 is 2.61 bits per heavy atom. The third-order valence-electron chi connectivity index (χ3n) is 3.23. The minimum absolute atomic E-state index is 0.569. The maximum atomic E-state index is 5.85. The summed E-state index contributed by atoms with van der Waals surface area (Å²) >= 11 is 0. The van der Waals surface area contributed by atoms with Crippen molar-refractivity contribution in [2.24, 2.45) is 0 Å². The molecule has 0 spiro atoms. The topological polar surface area (TPSA) is 12.2 Å². The zero-order valence-electron chi connectivity index (χ0n) is 10.7. The van der Waals surface area contributed by atoms with E-state index >= 15 is 0 Å². The maximum Gasteiger partial charge on any atom is 0.292 e. The van der Waals surface area contributed by atoms with Gasteiger partial charge in [-0.15, -0.1) is 0 Å². The first-order valence-electron chi connectivity index (χ1n) is 6.14. The van der Waals surface area contributed by atoms with Crippen molar-refractivity contribution in [3.8, 4) is 5.75 Å². The minimum Gasteiger partial charge on any atom is -0.435 e. The van der Waals surface area contributed by atoms with Crippen LogP contribution in [0, 0.1) is 13.8 Å². The average Bonchev–Trinajstić information content (AvgIpc) is 2.39. The van der Waals surface area contributed by atoms with Gasteiger partial charge in [-0.1, -0.05) is 24.3 Å². The van der Waals surface area contributed by atoms with E-state index in [1.807, 2.05) is 18.2 Å². The summed E-state index contributed by atoms with van der Waals surface area (Å²) in [4.78, 5) is 0. The van der Waals surface area contributed by atoms with E-state index in [1.54, 1.807) is 0 Å². The molecule has 0 aliphatic carbocycles. The first-order valence-corrected chi connectivity index (χ1v) is 6.14. The lowest BCUT2D eigenvalue weighted by molar-refractivity contribution is -0.476. The molecule has 1 heterocycles. The molecule has 1 aliphatic rings. The zero-order chi connectivity index (χ0) is 12.5. The third-order valence-corrected chi connectivity index (χ3v) is 3.23. The van der Waals surface area contributed by atoms with Gasteiger partial charge in [-0.2, -0.15) is 4.58 Å². The Morgan fingerprint density at radius 2 is 1.83 bits per heavy atom. The molecule has 0 aromatic heterocycles. The Hall–Kier alpha value is -2.09. The van der Waals surface area contributed by atoms with E-state index in [0.717, 1.165) is 11.4 Å². The molecular weight excluding hydrogens is 222 g/mol. The molecule has 2 aromatic carbocycles. The van der Waals surface area contributed by atoms with Crippen LogP contribution in [0.3, 0.4) is 0 Å². The van der Waals surface area contributed by atoms with Gasteiger partial charge >= 0.3 is 0 Å². The highest BCUT2D eigenvalue weighted by Crippen LogP contribution is 2.26. The van der Waals surface area contributed by atoms with Crippen LogP contribution in [0.25, 0.3) is 0 Å². The molecule has 2 aromatic rings. The van der Waals surface area contributed by atoms with Crippen LogP contribution in [0.5, 0.6) is 5.75 Å². The summed E-state index contributed by atoms with van der Waals surface area (Å²) in [6, 6.07) is 14.6. The van der Waals surface area contributed by atoms with Crippen molar-refractivity contribution in [2.75, 3.05) is 6.73 Å². The van der Waals surface area contributed by atoms with Crippen molar-refractivity contribution >= 4 is 11.9 Å². The number of fused-ring (bicyclic) bond motifs is 1. The van der Waals surface area contributed by atoms with Crippen molar-refractivity contribution in [2.45, 2.75) is 13.8 Å². The fourth-order valence-corrected chi connectivity index (χ4v) is 2.33. The van der Waals surface area contributed by atoms with Gasteiger partial charge < -0.3 is 4.74 Å². The summed E-state index contributed by atoms with van der Waals surface area (Å²) < 4.78 is 7.98. The zero-order valence-corrected chi connectivity index (χ0v) is 10.7. The first kappa shape index (κ1) is 11.0. The molecule has 0 radical (unpaired) electrons. The SMILES string of the molecule is Cc1cc(C)c2c(c1)OC[N+](c1ccccc1)=C2. The van der Waals surface area contributed by atoms with E-state index in [-0.39, 0.29) is 0 Å². The summed E-state index contributed by atoms with van der Waals surface area (Å²) in [7, 11) is 0. The van der Waals surface area contributed by atoms with Crippen molar-refractivity contribution < 1.29 is 9.31 Å². The second kappa shape index (κ2) is 4.30. The molecule has 0 amide bonds. The van der Waals surface area contributed by atoms with Crippen LogP contribution < -0.4 is 4.74 Å². The minimum atomic E-state index is 0.569. The molecule has 3 rings (SSSR count).